The molecule has 0 atom stereocenters. The van der Waals surface area contributed by atoms with E-state index in [0.29, 0.717) is 0 Å². The lowest BCUT2D eigenvalue weighted by Crippen LogP contribution is -2.09. The molecule has 0 saturated heterocycles. The molecule has 11 aromatic carbocycles. The summed E-state index contributed by atoms with van der Waals surface area (Å²) in [4.78, 5) is 4.64. The second-order valence-corrected chi connectivity index (χ2v) is 19.8. The lowest BCUT2D eigenvalue weighted by atomic mass is 10.0. The number of anilines is 6. The number of rotatable bonds is 10. The second-order valence-electron chi connectivity index (χ2n) is 19.8. The number of hydrogen-bond acceptors (Lipinski definition) is 4. The van der Waals surface area contributed by atoms with E-state index in [-0.39, 0.29) is 0 Å². The highest BCUT2D eigenvalue weighted by Gasteiger charge is 2.23. The summed E-state index contributed by atoms with van der Waals surface area (Å²) in [6, 6.07) is 84.6. The van der Waals surface area contributed by atoms with Gasteiger partial charge in [0.2, 0.25) is 0 Å². The van der Waals surface area contributed by atoms with Gasteiger partial charge in [-0.3, -0.25) is 0 Å². The molecule has 6 nitrogen and oxygen atoms in total. The number of hydrogen-bond donors (Lipinski definition) is 0. The van der Waals surface area contributed by atoms with Crippen molar-refractivity contribution in [1.82, 2.24) is 9.13 Å². The molecule has 15 rings (SSSR count). The molecule has 0 saturated carbocycles. The van der Waals surface area contributed by atoms with Gasteiger partial charge in [-0.1, -0.05) is 128 Å². The number of benzene rings is 11. The van der Waals surface area contributed by atoms with Crippen molar-refractivity contribution >= 4 is 138 Å². The van der Waals surface area contributed by atoms with Crippen LogP contribution in [0.1, 0.15) is 6.92 Å². The highest BCUT2D eigenvalue weighted by molar-refractivity contribution is 6.23. The molecule has 4 aromatic heterocycles. The number of furan rings is 2. The van der Waals surface area contributed by atoms with Gasteiger partial charge >= 0.3 is 0 Å². The molecule has 0 fully saturated rings. The first kappa shape index (κ1) is 44.2. The van der Waals surface area contributed by atoms with Gasteiger partial charge in [-0.15, -0.1) is 0 Å². The predicted octanol–water partition coefficient (Wildman–Crippen LogP) is 20.4. The zero-order valence-electron chi connectivity index (χ0n) is 42.1. The Morgan fingerprint density at radius 1 is 0.364 bits per heavy atom. The van der Waals surface area contributed by atoms with Gasteiger partial charge in [0.1, 0.15) is 22.3 Å². The Morgan fingerprint density at radius 2 is 0.766 bits per heavy atom. The van der Waals surface area contributed by atoms with Gasteiger partial charge in [-0.25, -0.2) is 0 Å². The fourth-order valence-electron chi connectivity index (χ4n) is 12.0. The van der Waals surface area contributed by atoms with Crippen LogP contribution in [0.2, 0.25) is 0 Å². The van der Waals surface area contributed by atoms with E-state index in [2.05, 4.69) is 275 Å². The van der Waals surface area contributed by atoms with Gasteiger partial charge in [0.25, 0.3) is 0 Å². The highest BCUT2D eigenvalue weighted by atomic mass is 16.3. The van der Waals surface area contributed by atoms with E-state index in [4.69, 9.17) is 8.83 Å². The van der Waals surface area contributed by atoms with E-state index < -0.39 is 0 Å². The Kier molecular flexibility index (Phi) is 10.2. The third kappa shape index (κ3) is 7.03. The largest absolute Gasteiger partial charge is 0.455 e. The molecular weight excluding hydrogens is 941 g/mol. The number of nitrogens with zero attached hydrogens (tertiary/aromatic N) is 4. The Bertz CT molecular complexity index is 4900. The van der Waals surface area contributed by atoms with Gasteiger partial charge < -0.3 is 27.8 Å². The van der Waals surface area contributed by atoms with Crippen LogP contribution in [0.4, 0.5) is 34.1 Å². The molecule has 0 aliphatic heterocycles. The van der Waals surface area contributed by atoms with E-state index in [0.717, 1.165) is 117 Å². The van der Waals surface area contributed by atoms with Crippen LogP contribution in [0.3, 0.4) is 0 Å². The smallest absolute Gasteiger partial charge is 0.143 e. The molecule has 4 heterocycles. The molecular formula is C71H48N4O2. The third-order valence-electron chi connectivity index (χ3n) is 15.4. The van der Waals surface area contributed by atoms with Crippen molar-refractivity contribution in [3.63, 3.8) is 0 Å². The van der Waals surface area contributed by atoms with E-state index in [1.165, 1.54) is 27.1 Å². The van der Waals surface area contributed by atoms with E-state index in [1.54, 1.807) is 6.08 Å². The number of allylic oxidation sites excluding steroid dienone is 5. The van der Waals surface area contributed by atoms with Crippen LogP contribution < -0.4 is 9.80 Å². The van der Waals surface area contributed by atoms with Gasteiger partial charge in [-0.2, -0.15) is 0 Å². The van der Waals surface area contributed by atoms with Crippen molar-refractivity contribution in [2.75, 3.05) is 9.80 Å². The first-order valence-electron chi connectivity index (χ1n) is 26.1. The minimum atomic E-state index is 0.812. The summed E-state index contributed by atoms with van der Waals surface area (Å²) in [6.45, 7) is 6.03. The molecule has 0 aliphatic rings. The Labute approximate surface area is 443 Å². The zero-order valence-corrected chi connectivity index (χ0v) is 42.1. The molecule has 0 radical (unpaired) electrons. The Morgan fingerprint density at radius 3 is 1.31 bits per heavy atom. The molecule has 0 aliphatic carbocycles. The standard InChI is InChI=1S/C71H48N4O2/c1-3-4-8-19-46(2)72-64-28-17-15-26-54(64)56-34-30-50(42-66(56)72)73(47-20-9-5-10-21-47)52-32-36-58-60-38-40-63-62(70(60)76-68(58)44-52)41-39-61-59-37-33-53(45-69(59)77-71(61)63)74(48-22-11-6-12-23-48)51-31-35-57-55-27-16-18-29-65(55)75(67(57)43-51)49-24-13-7-14-25-49/h3-45H,1H2,2H3/b8-4-,46-19+. The summed E-state index contributed by atoms with van der Waals surface area (Å²) in [5.74, 6) is 0. The molecule has 0 N–H and O–H groups in total. The Balaban J connectivity index is 0.844. The van der Waals surface area contributed by atoms with Crippen LogP contribution in [0.25, 0.3) is 110 Å². The molecule has 77 heavy (non-hydrogen) atoms. The fraction of sp³-hybridized carbons (Fsp3) is 0.0141. The molecule has 0 unspecified atom stereocenters. The summed E-state index contributed by atoms with van der Waals surface area (Å²) >= 11 is 0. The van der Waals surface area contributed by atoms with Crippen molar-refractivity contribution < 1.29 is 8.83 Å². The predicted molar refractivity (Wildman–Crippen MR) is 324 cm³/mol. The van der Waals surface area contributed by atoms with Crippen LogP contribution >= 0.6 is 0 Å². The van der Waals surface area contributed by atoms with Crippen LogP contribution in [-0.4, -0.2) is 9.13 Å². The van der Waals surface area contributed by atoms with Crippen LogP contribution in [-0.2, 0) is 0 Å². The van der Waals surface area contributed by atoms with E-state index in [1.807, 2.05) is 12.2 Å². The summed E-state index contributed by atoms with van der Waals surface area (Å²) in [6.07, 6.45) is 7.94. The molecule has 0 spiro atoms. The first-order valence-corrected chi connectivity index (χ1v) is 26.1. The van der Waals surface area contributed by atoms with Crippen LogP contribution in [0, 0.1) is 0 Å². The average molecular weight is 989 g/mol. The van der Waals surface area contributed by atoms with Crippen LogP contribution in [0.15, 0.2) is 276 Å². The van der Waals surface area contributed by atoms with Crippen molar-refractivity contribution in [2.45, 2.75) is 6.92 Å². The third-order valence-corrected chi connectivity index (χ3v) is 15.4. The SMILES string of the molecule is C=C/C=C\C=C(/C)n1c2ccccc2c2ccc(N(c3ccccc3)c3ccc4c(c3)oc3c4ccc4c3ccc3c5ccc(N(c6ccccc6)c6ccc7c8ccccc8n(-c8ccccc8)c7c6)cc5oc34)cc21. The molecule has 15 aromatic rings. The Hall–Kier alpha value is -10.3. The van der Waals surface area contributed by atoms with Crippen LogP contribution in [0.5, 0.6) is 0 Å². The number of fused-ring (bicyclic) bond motifs is 15. The fourth-order valence-corrected chi connectivity index (χ4v) is 12.0. The summed E-state index contributed by atoms with van der Waals surface area (Å²) < 4.78 is 18.7. The maximum absolute atomic E-state index is 6.99. The van der Waals surface area contributed by atoms with Crippen molar-refractivity contribution in [3.05, 3.63) is 267 Å². The normalized spacial score (nSPS) is 12.3. The minimum absolute atomic E-state index is 0.812. The maximum Gasteiger partial charge on any atom is 0.143 e. The molecule has 364 valence electrons. The van der Waals surface area contributed by atoms with Gasteiger partial charge in [0.05, 0.1) is 22.1 Å². The highest BCUT2D eigenvalue weighted by Crippen LogP contribution is 2.46. The summed E-state index contributed by atoms with van der Waals surface area (Å²) in [5, 5.41) is 11.1. The molecule has 6 heteroatoms. The van der Waals surface area contributed by atoms with Gasteiger partial charge in [0, 0.05) is 112 Å². The second kappa shape index (κ2) is 17.7. The number of para-hydroxylation sites is 5. The first-order chi connectivity index (χ1) is 38.1. The number of aromatic nitrogens is 2. The molecule has 0 amide bonds. The van der Waals surface area contributed by atoms with E-state index >= 15 is 0 Å². The van der Waals surface area contributed by atoms with Crippen molar-refractivity contribution in [1.29, 1.82) is 0 Å². The van der Waals surface area contributed by atoms with Crippen molar-refractivity contribution in [3.8, 4) is 5.69 Å². The van der Waals surface area contributed by atoms with E-state index in [9.17, 15) is 0 Å². The van der Waals surface area contributed by atoms with Gasteiger partial charge in [-0.05, 0) is 134 Å². The topological polar surface area (TPSA) is 42.6 Å². The van der Waals surface area contributed by atoms with Gasteiger partial charge in [0.15, 0.2) is 0 Å². The maximum atomic E-state index is 6.99. The summed E-state index contributed by atoms with van der Waals surface area (Å²) in [7, 11) is 0. The molecule has 0 bridgehead atoms. The lowest BCUT2D eigenvalue weighted by Gasteiger charge is -2.25. The lowest BCUT2D eigenvalue weighted by molar-refractivity contribution is 0.669. The zero-order chi connectivity index (χ0) is 51.1. The summed E-state index contributed by atoms with van der Waals surface area (Å²) in [5.41, 5.74) is 16.3. The monoisotopic (exact) mass is 988 g/mol. The quantitative estimate of drug-likeness (QED) is 0.128. The van der Waals surface area contributed by atoms with Crippen molar-refractivity contribution in [2.24, 2.45) is 0 Å². The average Bonchev–Trinajstić information content (AvgIpc) is 4.33. The minimum Gasteiger partial charge on any atom is -0.455 e.